The van der Waals surface area contributed by atoms with E-state index in [1.54, 1.807) is 0 Å². The highest BCUT2D eigenvalue weighted by molar-refractivity contribution is 7.25. The maximum absolute atomic E-state index is 2.41. The molecule has 0 atom stereocenters. The van der Waals surface area contributed by atoms with E-state index in [1.165, 1.54) is 86.1 Å². The summed E-state index contributed by atoms with van der Waals surface area (Å²) in [6, 6.07) is 84.2. The number of hydrogen-bond acceptors (Lipinski definition) is 2. The quantitative estimate of drug-likeness (QED) is 0.156. The van der Waals surface area contributed by atoms with Crippen molar-refractivity contribution in [1.82, 2.24) is 4.57 Å². The molecule has 12 rings (SSSR count). The van der Waals surface area contributed by atoms with Gasteiger partial charge in [-0.1, -0.05) is 164 Å². The van der Waals surface area contributed by atoms with E-state index < -0.39 is 0 Å². The zero-order chi connectivity index (χ0) is 40.3. The van der Waals surface area contributed by atoms with Gasteiger partial charge in [-0.05, 0) is 105 Å². The van der Waals surface area contributed by atoms with Crippen LogP contribution in [0.5, 0.6) is 0 Å². The van der Waals surface area contributed by atoms with Crippen molar-refractivity contribution < 1.29 is 0 Å². The van der Waals surface area contributed by atoms with Crippen LogP contribution in [0.3, 0.4) is 0 Å². The van der Waals surface area contributed by atoms with Crippen molar-refractivity contribution in [2.24, 2.45) is 0 Å². The van der Waals surface area contributed by atoms with Crippen LogP contribution >= 0.6 is 11.3 Å². The zero-order valence-corrected chi connectivity index (χ0v) is 34.1. The fraction of sp³-hybridized carbons (Fsp3) is 0. The number of benzene rings is 10. The molecular weight excluding hydrogens is 757 g/mol. The van der Waals surface area contributed by atoms with E-state index in [9.17, 15) is 0 Å². The number of nitrogens with zero attached hydrogens (tertiary/aromatic N) is 2. The third-order valence-corrected chi connectivity index (χ3v) is 13.3. The first-order valence-corrected chi connectivity index (χ1v) is 21.6. The second kappa shape index (κ2) is 14.5. The van der Waals surface area contributed by atoms with E-state index >= 15 is 0 Å². The highest BCUT2D eigenvalue weighted by Crippen LogP contribution is 2.44. The third kappa shape index (κ3) is 6.01. The minimum absolute atomic E-state index is 1.09. The van der Waals surface area contributed by atoms with Crippen molar-refractivity contribution in [3.8, 4) is 39.1 Å². The van der Waals surface area contributed by atoms with Crippen LogP contribution in [0.15, 0.2) is 231 Å². The second-order valence-corrected chi connectivity index (χ2v) is 16.8. The summed E-state index contributed by atoms with van der Waals surface area (Å²) in [5, 5.41) is 7.66. The van der Waals surface area contributed by atoms with Gasteiger partial charge in [-0.15, -0.1) is 11.3 Å². The fourth-order valence-electron chi connectivity index (χ4n) is 9.33. The Labute approximate surface area is 358 Å². The van der Waals surface area contributed by atoms with Crippen molar-refractivity contribution in [1.29, 1.82) is 0 Å². The molecule has 0 saturated heterocycles. The number of anilines is 3. The maximum atomic E-state index is 2.41. The van der Waals surface area contributed by atoms with Gasteiger partial charge in [0.05, 0.1) is 16.7 Å². The average molecular weight is 795 g/mol. The molecule has 10 aromatic carbocycles. The molecule has 286 valence electrons. The predicted octanol–water partition coefficient (Wildman–Crippen LogP) is 16.8. The minimum atomic E-state index is 1.09. The normalized spacial score (nSPS) is 11.6. The van der Waals surface area contributed by atoms with Gasteiger partial charge in [-0.25, -0.2) is 0 Å². The molecule has 61 heavy (non-hydrogen) atoms. The van der Waals surface area contributed by atoms with Crippen LogP contribution in [0, 0.1) is 0 Å². The third-order valence-electron chi connectivity index (χ3n) is 12.2. The summed E-state index contributed by atoms with van der Waals surface area (Å²) in [6.45, 7) is 0. The Balaban J connectivity index is 0.972. The average Bonchev–Trinajstić information content (AvgIpc) is 3.88. The Kier molecular flexibility index (Phi) is 8.39. The molecule has 2 aromatic heterocycles. The van der Waals surface area contributed by atoms with Crippen molar-refractivity contribution >= 4 is 81.1 Å². The molecule has 0 radical (unpaired) electrons. The summed E-state index contributed by atoms with van der Waals surface area (Å²) in [5.41, 5.74) is 14.0. The number of hydrogen-bond donors (Lipinski definition) is 0. The van der Waals surface area contributed by atoms with Crippen molar-refractivity contribution in [2.45, 2.75) is 0 Å². The van der Waals surface area contributed by atoms with Gasteiger partial charge in [0, 0.05) is 53.6 Å². The number of thiophene rings is 1. The Morgan fingerprint density at radius 1 is 0.328 bits per heavy atom. The van der Waals surface area contributed by atoms with Gasteiger partial charge in [-0.3, -0.25) is 0 Å². The van der Waals surface area contributed by atoms with E-state index in [0.717, 1.165) is 22.7 Å². The van der Waals surface area contributed by atoms with Gasteiger partial charge >= 0.3 is 0 Å². The monoisotopic (exact) mass is 794 g/mol. The number of rotatable bonds is 7. The molecule has 0 amide bonds. The van der Waals surface area contributed by atoms with Crippen molar-refractivity contribution in [3.05, 3.63) is 231 Å². The first kappa shape index (κ1) is 35.2. The zero-order valence-electron chi connectivity index (χ0n) is 33.2. The number of para-hydroxylation sites is 3. The standard InChI is InChI=1S/C58H38N2S/c1-2-17-47-40(13-1)14-12-22-48(47)41-29-34-45(35-30-41)59(54-23-7-3-18-49(54)43-31-36-53-52-21-6-10-26-57(52)61-58(53)38-43)44-32-27-39(28-33-44)42-15-11-16-46(37-42)60-55-24-8-4-19-50(55)51-20-5-9-25-56(51)60/h1-38H. The lowest BCUT2D eigenvalue weighted by molar-refractivity contribution is 1.18. The lowest BCUT2D eigenvalue weighted by Gasteiger charge is -2.28. The Morgan fingerprint density at radius 3 is 1.66 bits per heavy atom. The summed E-state index contributed by atoms with van der Waals surface area (Å²) in [6.07, 6.45) is 0. The molecule has 0 aliphatic heterocycles. The summed E-state index contributed by atoms with van der Waals surface area (Å²) in [7, 11) is 0. The van der Waals surface area contributed by atoms with Gasteiger partial charge in [-0.2, -0.15) is 0 Å². The summed E-state index contributed by atoms with van der Waals surface area (Å²) in [4.78, 5) is 2.41. The molecule has 0 bridgehead atoms. The SMILES string of the molecule is c1cc(-c2ccc(N(c3ccc(-c4cccc5ccccc45)cc3)c3ccccc3-c3ccc4c(c3)sc3ccccc34)cc2)cc(-n2c3ccccc3c3ccccc32)c1. The lowest BCUT2D eigenvalue weighted by Crippen LogP contribution is -2.11. The van der Waals surface area contributed by atoms with Crippen LogP contribution in [0.1, 0.15) is 0 Å². The first-order valence-electron chi connectivity index (χ1n) is 20.8. The first-order chi connectivity index (χ1) is 30.2. The Hall–Kier alpha value is -7.72. The van der Waals surface area contributed by atoms with Crippen LogP contribution < -0.4 is 4.90 Å². The maximum Gasteiger partial charge on any atom is 0.0541 e. The lowest BCUT2D eigenvalue weighted by atomic mass is 9.97. The smallest absolute Gasteiger partial charge is 0.0541 e. The van der Waals surface area contributed by atoms with Crippen LogP contribution in [-0.2, 0) is 0 Å². The molecule has 3 heteroatoms. The Bertz CT molecular complexity index is 3530. The predicted molar refractivity (Wildman–Crippen MR) is 262 cm³/mol. The molecular formula is C58H38N2S. The van der Waals surface area contributed by atoms with Gasteiger partial charge in [0.15, 0.2) is 0 Å². The van der Waals surface area contributed by atoms with Crippen LogP contribution in [0.4, 0.5) is 17.1 Å². The molecule has 2 nitrogen and oxygen atoms in total. The molecule has 2 heterocycles. The van der Waals surface area contributed by atoms with E-state index in [2.05, 4.69) is 240 Å². The number of aromatic nitrogens is 1. The van der Waals surface area contributed by atoms with Crippen LogP contribution in [-0.4, -0.2) is 4.57 Å². The van der Waals surface area contributed by atoms with E-state index in [1.807, 2.05) is 11.3 Å². The highest BCUT2D eigenvalue weighted by Gasteiger charge is 2.19. The van der Waals surface area contributed by atoms with E-state index in [4.69, 9.17) is 0 Å². The molecule has 0 aliphatic rings. The van der Waals surface area contributed by atoms with Gasteiger partial charge in [0.1, 0.15) is 0 Å². The summed E-state index contributed by atoms with van der Waals surface area (Å²) >= 11 is 1.86. The molecule has 0 aliphatic carbocycles. The van der Waals surface area contributed by atoms with Crippen molar-refractivity contribution in [2.75, 3.05) is 4.90 Å². The van der Waals surface area contributed by atoms with Gasteiger partial charge in [0.25, 0.3) is 0 Å². The molecule has 0 unspecified atom stereocenters. The minimum Gasteiger partial charge on any atom is -0.310 e. The number of fused-ring (bicyclic) bond motifs is 7. The fourth-order valence-corrected chi connectivity index (χ4v) is 10.5. The molecule has 0 N–H and O–H groups in total. The van der Waals surface area contributed by atoms with Gasteiger partial charge < -0.3 is 9.47 Å². The second-order valence-electron chi connectivity index (χ2n) is 15.7. The summed E-state index contributed by atoms with van der Waals surface area (Å²) in [5.74, 6) is 0. The topological polar surface area (TPSA) is 8.17 Å². The molecule has 12 aromatic rings. The van der Waals surface area contributed by atoms with Crippen LogP contribution in [0.25, 0.3) is 91.8 Å². The highest BCUT2D eigenvalue weighted by atomic mass is 32.1. The largest absolute Gasteiger partial charge is 0.310 e. The molecule has 0 saturated carbocycles. The van der Waals surface area contributed by atoms with Crippen molar-refractivity contribution in [3.63, 3.8) is 0 Å². The Morgan fingerprint density at radius 2 is 0.885 bits per heavy atom. The van der Waals surface area contributed by atoms with Gasteiger partial charge in [0.2, 0.25) is 0 Å². The van der Waals surface area contributed by atoms with E-state index in [0.29, 0.717) is 0 Å². The van der Waals surface area contributed by atoms with E-state index in [-0.39, 0.29) is 0 Å². The summed E-state index contributed by atoms with van der Waals surface area (Å²) < 4.78 is 5.00. The molecule has 0 spiro atoms. The van der Waals surface area contributed by atoms with Crippen LogP contribution in [0.2, 0.25) is 0 Å². The molecule has 0 fully saturated rings.